The Balaban J connectivity index is 0.00000243. The van der Waals surface area contributed by atoms with Gasteiger partial charge in [-0.25, -0.2) is 0 Å². The van der Waals surface area contributed by atoms with Crippen LogP contribution in [0, 0.1) is 6.92 Å². The van der Waals surface area contributed by atoms with Gasteiger partial charge >= 0.3 is 0 Å². The molecule has 2 heterocycles. The number of hydrogen-bond acceptors (Lipinski definition) is 1. The van der Waals surface area contributed by atoms with Crippen molar-refractivity contribution < 1.29 is 0 Å². The van der Waals surface area contributed by atoms with Gasteiger partial charge in [-0.2, -0.15) is 0 Å². The molecule has 0 fully saturated rings. The number of aryl methyl sites for hydroxylation is 1. The molecular formula is C20H28IN5. The van der Waals surface area contributed by atoms with Crippen molar-refractivity contribution in [3.63, 3.8) is 0 Å². The largest absolute Gasteiger partial charge is 0.361 e. The number of nitrogens with zero attached hydrogens (tertiary/aromatic N) is 2. The van der Waals surface area contributed by atoms with E-state index in [0.717, 1.165) is 38.6 Å². The second kappa shape index (κ2) is 10.3. The van der Waals surface area contributed by atoms with Crippen LogP contribution in [0.25, 0.3) is 10.9 Å². The summed E-state index contributed by atoms with van der Waals surface area (Å²) >= 11 is 0. The maximum Gasteiger partial charge on any atom is 0.191 e. The Bertz CT molecular complexity index is 820. The van der Waals surface area contributed by atoms with Gasteiger partial charge in [-0.05, 0) is 49.6 Å². The Morgan fingerprint density at radius 3 is 2.73 bits per heavy atom. The average Bonchev–Trinajstić information content (AvgIpc) is 3.25. The lowest BCUT2D eigenvalue weighted by molar-refractivity contribution is 0.665. The number of rotatable bonds is 7. The van der Waals surface area contributed by atoms with Crippen molar-refractivity contribution in [1.29, 1.82) is 0 Å². The molecule has 6 heteroatoms. The summed E-state index contributed by atoms with van der Waals surface area (Å²) in [7, 11) is 0. The summed E-state index contributed by atoms with van der Waals surface area (Å²) in [5, 5.41) is 8.05. The highest BCUT2D eigenvalue weighted by Crippen LogP contribution is 2.22. The van der Waals surface area contributed by atoms with E-state index in [1.807, 2.05) is 12.1 Å². The first kappa shape index (κ1) is 20.4. The van der Waals surface area contributed by atoms with Gasteiger partial charge in [0, 0.05) is 55.7 Å². The van der Waals surface area contributed by atoms with Gasteiger partial charge in [0.25, 0.3) is 0 Å². The van der Waals surface area contributed by atoms with Crippen LogP contribution >= 0.6 is 24.0 Å². The van der Waals surface area contributed by atoms with Crippen LogP contribution in [0.5, 0.6) is 0 Å². The molecular weight excluding hydrogens is 437 g/mol. The van der Waals surface area contributed by atoms with Crippen molar-refractivity contribution in [3.8, 4) is 0 Å². The molecule has 0 bridgehead atoms. The minimum Gasteiger partial charge on any atom is -0.361 e. The first-order valence-corrected chi connectivity index (χ1v) is 8.96. The topological polar surface area (TPSA) is 57.1 Å². The van der Waals surface area contributed by atoms with Gasteiger partial charge in [-0.1, -0.05) is 12.1 Å². The van der Waals surface area contributed by atoms with Gasteiger partial charge in [-0.15, -0.1) is 24.0 Å². The minimum absolute atomic E-state index is 0. The van der Waals surface area contributed by atoms with E-state index in [0.29, 0.717) is 0 Å². The summed E-state index contributed by atoms with van der Waals surface area (Å²) in [5.74, 6) is 0.881. The van der Waals surface area contributed by atoms with E-state index in [1.165, 1.54) is 22.0 Å². The van der Waals surface area contributed by atoms with E-state index < -0.39 is 0 Å². The molecule has 3 N–H and O–H groups in total. The SMILES string of the molecule is CCNC(=NCCc1c[nH]c2cccc(C)c12)NCCn1cccc1.I. The second-order valence-corrected chi connectivity index (χ2v) is 6.17. The van der Waals surface area contributed by atoms with E-state index in [4.69, 9.17) is 4.99 Å². The van der Waals surface area contributed by atoms with E-state index in [9.17, 15) is 0 Å². The number of aromatic nitrogens is 2. The first-order valence-electron chi connectivity index (χ1n) is 8.96. The standard InChI is InChI=1S/C20H27N5.HI/c1-3-21-20(23-11-14-25-12-4-5-13-25)22-10-9-17-15-24-18-8-6-7-16(2)19(17)18;/h4-8,12-13,15,24H,3,9-11,14H2,1-2H3,(H2,21,22,23);1H. The number of aromatic amines is 1. The fourth-order valence-corrected chi connectivity index (χ4v) is 3.10. The average molecular weight is 465 g/mol. The van der Waals surface area contributed by atoms with Crippen molar-refractivity contribution in [3.05, 3.63) is 60.0 Å². The first-order chi connectivity index (χ1) is 12.3. The third kappa shape index (κ3) is 5.27. The zero-order valence-electron chi connectivity index (χ0n) is 15.5. The predicted molar refractivity (Wildman–Crippen MR) is 121 cm³/mol. The van der Waals surface area contributed by atoms with Crippen LogP contribution in [0.1, 0.15) is 18.1 Å². The van der Waals surface area contributed by atoms with E-state index in [1.54, 1.807) is 0 Å². The zero-order valence-corrected chi connectivity index (χ0v) is 17.8. The number of nitrogens with one attached hydrogen (secondary N) is 3. The predicted octanol–water partition coefficient (Wildman–Crippen LogP) is 3.69. The van der Waals surface area contributed by atoms with Crippen LogP contribution < -0.4 is 10.6 Å². The maximum absolute atomic E-state index is 4.71. The zero-order chi connectivity index (χ0) is 17.5. The third-order valence-corrected chi connectivity index (χ3v) is 4.32. The molecule has 0 saturated heterocycles. The third-order valence-electron chi connectivity index (χ3n) is 4.32. The van der Waals surface area contributed by atoms with Gasteiger partial charge in [0.1, 0.15) is 0 Å². The second-order valence-electron chi connectivity index (χ2n) is 6.17. The highest BCUT2D eigenvalue weighted by molar-refractivity contribution is 14.0. The lowest BCUT2D eigenvalue weighted by atomic mass is 10.1. The van der Waals surface area contributed by atoms with Crippen LogP contribution in [0.15, 0.2) is 53.9 Å². The molecule has 26 heavy (non-hydrogen) atoms. The fraction of sp³-hybridized carbons (Fsp3) is 0.350. The fourth-order valence-electron chi connectivity index (χ4n) is 3.10. The van der Waals surface area contributed by atoms with E-state index in [2.05, 4.69) is 70.8 Å². The number of aliphatic imine (C=N–C) groups is 1. The van der Waals surface area contributed by atoms with E-state index in [-0.39, 0.29) is 24.0 Å². The van der Waals surface area contributed by atoms with Crippen molar-refractivity contribution in [2.75, 3.05) is 19.6 Å². The molecule has 0 aliphatic heterocycles. The number of hydrogen-bond donors (Lipinski definition) is 3. The molecule has 1 aromatic carbocycles. The van der Waals surface area contributed by atoms with Gasteiger partial charge in [-0.3, -0.25) is 4.99 Å². The molecule has 0 aliphatic carbocycles. The molecule has 0 radical (unpaired) electrons. The summed E-state index contributed by atoms with van der Waals surface area (Å²) in [6, 6.07) is 10.5. The van der Waals surface area contributed by atoms with Crippen molar-refractivity contribution in [2.24, 2.45) is 4.99 Å². The van der Waals surface area contributed by atoms with Crippen LogP contribution in [-0.4, -0.2) is 35.1 Å². The number of benzene rings is 1. The summed E-state index contributed by atoms with van der Waals surface area (Å²) in [5.41, 5.74) is 3.85. The summed E-state index contributed by atoms with van der Waals surface area (Å²) in [4.78, 5) is 8.07. The molecule has 5 nitrogen and oxygen atoms in total. The maximum atomic E-state index is 4.71. The number of H-pyrrole nitrogens is 1. The number of halogens is 1. The highest BCUT2D eigenvalue weighted by Gasteiger charge is 2.05. The van der Waals surface area contributed by atoms with E-state index >= 15 is 0 Å². The summed E-state index contributed by atoms with van der Waals surface area (Å²) in [6.07, 6.45) is 7.19. The Morgan fingerprint density at radius 2 is 1.96 bits per heavy atom. The quantitative estimate of drug-likeness (QED) is 0.283. The molecule has 0 aliphatic rings. The van der Waals surface area contributed by atoms with Gasteiger partial charge < -0.3 is 20.2 Å². The number of fused-ring (bicyclic) bond motifs is 1. The molecule has 0 spiro atoms. The normalized spacial score (nSPS) is 11.4. The lowest BCUT2D eigenvalue weighted by Gasteiger charge is -2.11. The molecule has 0 amide bonds. The molecule has 2 aromatic heterocycles. The summed E-state index contributed by atoms with van der Waals surface area (Å²) in [6.45, 7) is 7.66. The molecule has 3 aromatic rings. The Hall–Kier alpha value is -1.96. The van der Waals surface area contributed by atoms with Crippen molar-refractivity contribution in [2.45, 2.75) is 26.8 Å². The monoisotopic (exact) mass is 465 g/mol. The van der Waals surface area contributed by atoms with Crippen molar-refractivity contribution in [1.82, 2.24) is 20.2 Å². The Kier molecular flexibility index (Phi) is 8.03. The van der Waals surface area contributed by atoms with Crippen LogP contribution in [0.4, 0.5) is 0 Å². The smallest absolute Gasteiger partial charge is 0.191 e. The van der Waals surface area contributed by atoms with Gasteiger partial charge in [0.05, 0.1) is 0 Å². The summed E-state index contributed by atoms with van der Waals surface area (Å²) < 4.78 is 2.16. The number of guanidine groups is 1. The Morgan fingerprint density at radius 1 is 1.15 bits per heavy atom. The lowest BCUT2D eigenvalue weighted by Crippen LogP contribution is -2.39. The Labute approximate surface area is 172 Å². The van der Waals surface area contributed by atoms with Gasteiger partial charge in [0.2, 0.25) is 0 Å². The minimum atomic E-state index is 0. The molecule has 0 atom stereocenters. The highest BCUT2D eigenvalue weighted by atomic mass is 127. The van der Waals surface area contributed by atoms with Crippen molar-refractivity contribution >= 4 is 40.8 Å². The molecule has 3 rings (SSSR count). The van der Waals surface area contributed by atoms with Crippen LogP contribution in [0.2, 0.25) is 0 Å². The van der Waals surface area contributed by atoms with Crippen LogP contribution in [-0.2, 0) is 13.0 Å². The molecule has 140 valence electrons. The molecule has 0 saturated carbocycles. The van der Waals surface area contributed by atoms with Gasteiger partial charge in [0.15, 0.2) is 5.96 Å². The molecule has 0 unspecified atom stereocenters. The van der Waals surface area contributed by atoms with Crippen LogP contribution in [0.3, 0.4) is 0 Å².